The first-order chi connectivity index (χ1) is 11.4. The maximum Gasteiger partial charge on any atom is 0.340 e. The number of amides is 2. The van der Waals surface area contributed by atoms with E-state index in [9.17, 15) is 14.4 Å². The summed E-state index contributed by atoms with van der Waals surface area (Å²) in [5.74, 6) is -1.67. The molecule has 0 aliphatic carbocycles. The molecule has 0 spiro atoms. The lowest BCUT2D eigenvalue weighted by Gasteiger charge is -2.11. The number of fused-ring (bicyclic) bond motifs is 1. The molecule has 0 atom stereocenters. The van der Waals surface area contributed by atoms with Gasteiger partial charge >= 0.3 is 5.97 Å². The molecule has 6 nitrogen and oxygen atoms in total. The molecular formula is C17H16N2O4S. The Morgan fingerprint density at radius 2 is 1.79 bits per heavy atom. The molecule has 0 saturated carbocycles. The molecule has 24 heavy (non-hydrogen) atoms. The number of hydrogen-bond donors (Lipinski definition) is 0. The third-order valence-corrected chi connectivity index (χ3v) is 4.66. The zero-order chi connectivity index (χ0) is 17.4. The average Bonchev–Trinajstić information content (AvgIpc) is 3.01. The molecule has 0 bridgehead atoms. The maximum absolute atomic E-state index is 12.2. The van der Waals surface area contributed by atoms with E-state index in [0.29, 0.717) is 10.1 Å². The van der Waals surface area contributed by atoms with Gasteiger partial charge in [0, 0.05) is 4.88 Å². The van der Waals surface area contributed by atoms with Crippen LogP contribution in [0.3, 0.4) is 0 Å². The Bertz CT molecular complexity index is 806. The van der Waals surface area contributed by atoms with Gasteiger partial charge in [0.05, 0.1) is 16.8 Å². The van der Waals surface area contributed by atoms with E-state index in [2.05, 4.69) is 4.98 Å². The van der Waals surface area contributed by atoms with Crippen LogP contribution in [-0.2, 0) is 16.1 Å². The Kier molecular flexibility index (Phi) is 4.19. The Hall–Kier alpha value is -2.54. The van der Waals surface area contributed by atoms with Gasteiger partial charge in [-0.15, -0.1) is 11.3 Å². The van der Waals surface area contributed by atoms with Crippen molar-refractivity contribution < 1.29 is 19.2 Å². The second kappa shape index (κ2) is 6.16. The fourth-order valence-electron chi connectivity index (χ4n) is 2.58. The second-order valence-electron chi connectivity index (χ2n) is 5.79. The van der Waals surface area contributed by atoms with Crippen LogP contribution in [0.4, 0.5) is 0 Å². The lowest BCUT2D eigenvalue weighted by molar-refractivity contribution is -0.167. The molecule has 1 aromatic carbocycles. The van der Waals surface area contributed by atoms with Crippen LogP contribution >= 0.6 is 11.3 Å². The molecule has 2 aromatic rings. The molecule has 1 aromatic heterocycles. The number of imide groups is 1. The van der Waals surface area contributed by atoms with E-state index in [-0.39, 0.29) is 23.5 Å². The van der Waals surface area contributed by atoms with Crippen molar-refractivity contribution in [2.75, 3.05) is 0 Å². The van der Waals surface area contributed by atoms with Gasteiger partial charge in [-0.1, -0.05) is 31.0 Å². The Labute approximate surface area is 143 Å². The van der Waals surface area contributed by atoms with Crippen LogP contribution in [0, 0.1) is 6.92 Å². The van der Waals surface area contributed by atoms with Crippen LogP contribution < -0.4 is 0 Å². The normalized spacial score (nSPS) is 13.6. The number of nitrogens with zero attached hydrogens (tertiary/aromatic N) is 2. The van der Waals surface area contributed by atoms with Crippen molar-refractivity contribution >= 4 is 29.1 Å². The maximum atomic E-state index is 12.2. The molecule has 0 fully saturated rings. The minimum absolute atomic E-state index is 0.0777. The summed E-state index contributed by atoms with van der Waals surface area (Å²) >= 11 is 1.42. The Balaban J connectivity index is 1.71. The van der Waals surface area contributed by atoms with Crippen LogP contribution in [-0.4, -0.2) is 27.8 Å². The molecule has 0 unspecified atom stereocenters. The summed E-state index contributed by atoms with van der Waals surface area (Å²) in [4.78, 5) is 46.9. The fourth-order valence-corrected chi connectivity index (χ4v) is 3.66. The number of hydroxylamine groups is 2. The van der Waals surface area contributed by atoms with Gasteiger partial charge in [-0.05, 0) is 25.0 Å². The van der Waals surface area contributed by atoms with Crippen molar-refractivity contribution in [2.24, 2.45) is 0 Å². The standard InChI is InChI=1S/C17H16N2O4S/c1-9(2)15-10(3)24-13(18-15)8-14(20)23-19-16(21)11-6-4-5-7-12(11)17(19)22/h4-7,9H,8H2,1-3H3. The zero-order valence-corrected chi connectivity index (χ0v) is 14.3. The van der Waals surface area contributed by atoms with Gasteiger partial charge in [0.2, 0.25) is 0 Å². The van der Waals surface area contributed by atoms with E-state index in [4.69, 9.17) is 4.84 Å². The van der Waals surface area contributed by atoms with E-state index in [0.717, 1.165) is 10.6 Å². The second-order valence-corrected chi connectivity index (χ2v) is 7.08. The average molecular weight is 344 g/mol. The SMILES string of the molecule is Cc1sc(CC(=O)ON2C(=O)c3ccccc3C2=O)nc1C(C)C. The molecule has 3 rings (SSSR count). The molecule has 0 N–H and O–H groups in total. The smallest absolute Gasteiger partial charge is 0.329 e. The number of carbonyl (C=O) groups is 3. The summed E-state index contributed by atoms with van der Waals surface area (Å²) in [6.45, 7) is 6.01. The van der Waals surface area contributed by atoms with Crippen molar-refractivity contribution in [1.82, 2.24) is 10.0 Å². The number of aromatic nitrogens is 1. The summed E-state index contributed by atoms with van der Waals surface area (Å²) in [6.07, 6.45) is -0.0777. The predicted octanol–water partition coefficient (Wildman–Crippen LogP) is 2.87. The van der Waals surface area contributed by atoms with Gasteiger partial charge in [0.1, 0.15) is 11.4 Å². The topological polar surface area (TPSA) is 76.6 Å². The largest absolute Gasteiger partial charge is 0.340 e. The van der Waals surface area contributed by atoms with Gasteiger partial charge in [-0.2, -0.15) is 0 Å². The highest BCUT2D eigenvalue weighted by Gasteiger charge is 2.38. The fraction of sp³-hybridized carbons (Fsp3) is 0.294. The third kappa shape index (κ3) is 2.82. The van der Waals surface area contributed by atoms with Crippen LogP contribution in [0.2, 0.25) is 0 Å². The van der Waals surface area contributed by atoms with Gasteiger partial charge in [-0.25, -0.2) is 9.78 Å². The number of hydrogen-bond acceptors (Lipinski definition) is 6. The van der Waals surface area contributed by atoms with E-state index in [1.165, 1.54) is 23.5 Å². The molecule has 0 radical (unpaired) electrons. The summed E-state index contributed by atoms with van der Waals surface area (Å²) in [6, 6.07) is 6.37. The number of thiazole rings is 1. The Morgan fingerprint density at radius 1 is 1.21 bits per heavy atom. The first-order valence-corrected chi connectivity index (χ1v) is 8.35. The first-order valence-electron chi connectivity index (χ1n) is 7.53. The summed E-state index contributed by atoms with van der Waals surface area (Å²) in [5.41, 5.74) is 1.42. The van der Waals surface area contributed by atoms with Gasteiger partial charge in [0.15, 0.2) is 0 Å². The number of rotatable bonds is 4. The molecule has 0 saturated heterocycles. The van der Waals surface area contributed by atoms with Crippen LogP contribution in [0.25, 0.3) is 0 Å². The summed E-state index contributed by atoms with van der Waals surface area (Å²) in [7, 11) is 0. The van der Waals surface area contributed by atoms with E-state index in [1.807, 2.05) is 20.8 Å². The third-order valence-electron chi connectivity index (χ3n) is 3.67. The summed E-state index contributed by atoms with van der Waals surface area (Å²) < 4.78 is 0. The first kappa shape index (κ1) is 16.3. The van der Waals surface area contributed by atoms with Crippen molar-refractivity contribution in [3.63, 3.8) is 0 Å². The lowest BCUT2D eigenvalue weighted by Crippen LogP contribution is -2.33. The van der Waals surface area contributed by atoms with Crippen molar-refractivity contribution in [3.8, 4) is 0 Å². The van der Waals surface area contributed by atoms with Crippen molar-refractivity contribution in [1.29, 1.82) is 0 Å². The zero-order valence-electron chi connectivity index (χ0n) is 13.5. The molecule has 124 valence electrons. The van der Waals surface area contributed by atoms with Crippen LogP contribution in [0.15, 0.2) is 24.3 Å². The number of aryl methyl sites for hydroxylation is 1. The van der Waals surface area contributed by atoms with E-state index >= 15 is 0 Å². The molecule has 1 aliphatic heterocycles. The highest BCUT2D eigenvalue weighted by molar-refractivity contribution is 7.11. The quantitative estimate of drug-likeness (QED) is 0.797. The molecule has 1 aliphatic rings. The van der Waals surface area contributed by atoms with Gasteiger partial charge in [0.25, 0.3) is 11.8 Å². The van der Waals surface area contributed by atoms with E-state index in [1.54, 1.807) is 12.1 Å². The Morgan fingerprint density at radius 3 is 2.29 bits per heavy atom. The monoisotopic (exact) mass is 344 g/mol. The van der Waals surface area contributed by atoms with Gasteiger partial charge in [-0.3, -0.25) is 9.59 Å². The molecule has 2 heterocycles. The molecule has 2 amide bonds. The highest BCUT2D eigenvalue weighted by Crippen LogP contribution is 2.26. The molecule has 7 heteroatoms. The van der Waals surface area contributed by atoms with E-state index < -0.39 is 17.8 Å². The minimum atomic E-state index is -0.687. The number of benzene rings is 1. The van der Waals surface area contributed by atoms with Crippen molar-refractivity contribution in [3.05, 3.63) is 51.0 Å². The van der Waals surface area contributed by atoms with Crippen LogP contribution in [0.1, 0.15) is 56.1 Å². The summed E-state index contributed by atoms with van der Waals surface area (Å²) in [5, 5.41) is 1.13. The predicted molar refractivity (Wildman–Crippen MR) is 87.7 cm³/mol. The number of carbonyl (C=O) groups excluding carboxylic acids is 3. The minimum Gasteiger partial charge on any atom is -0.329 e. The van der Waals surface area contributed by atoms with Crippen LogP contribution in [0.5, 0.6) is 0 Å². The molecular weight excluding hydrogens is 328 g/mol. The lowest BCUT2D eigenvalue weighted by atomic mass is 10.1. The van der Waals surface area contributed by atoms with Crippen molar-refractivity contribution in [2.45, 2.75) is 33.1 Å². The highest BCUT2D eigenvalue weighted by atomic mass is 32.1. The van der Waals surface area contributed by atoms with Gasteiger partial charge < -0.3 is 4.84 Å².